The molecule has 3 unspecified atom stereocenters. The molecule has 0 bridgehead atoms. The van der Waals surface area contributed by atoms with Crippen LogP contribution < -0.4 is 5.32 Å². The van der Waals surface area contributed by atoms with Crippen LogP contribution in [0.3, 0.4) is 0 Å². The fourth-order valence-corrected chi connectivity index (χ4v) is 4.70. The summed E-state index contributed by atoms with van der Waals surface area (Å²) in [6.45, 7) is 0.787. The molecule has 3 atom stereocenters. The van der Waals surface area contributed by atoms with E-state index in [1.54, 1.807) is 0 Å². The van der Waals surface area contributed by atoms with E-state index >= 15 is 0 Å². The highest BCUT2D eigenvalue weighted by Crippen LogP contribution is 2.41. The number of carboxylic acids is 1. The third kappa shape index (κ3) is 1.72. The SMILES string of the molecule is O=C(O)C1(C2CS(=O)(=O)CC2O)CCNC1. The Labute approximate surface area is 93.6 Å². The van der Waals surface area contributed by atoms with Gasteiger partial charge >= 0.3 is 5.97 Å². The van der Waals surface area contributed by atoms with Gasteiger partial charge in [-0.15, -0.1) is 0 Å². The number of carboxylic acid groups (broad SMARTS) is 1. The first-order valence-corrected chi connectivity index (χ1v) is 7.02. The molecule has 0 spiro atoms. The Bertz CT molecular complexity index is 398. The van der Waals surface area contributed by atoms with Gasteiger partial charge in [0.25, 0.3) is 0 Å². The highest BCUT2D eigenvalue weighted by atomic mass is 32.2. The second-order valence-electron chi connectivity index (χ2n) is 4.64. The fraction of sp³-hybridized carbons (Fsp3) is 0.889. The van der Waals surface area contributed by atoms with E-state index in [2.05, 4.69) is 5.32 Å². The van der Waals surface area contributed by atoms with Crippen LogP contribution in [-0.4, -0.2) is 55.3 Å². The number of nitrogens with one attached hydrogen (secondary N) is 1. The van der Waals surface area contributed by atoms with Gasteiger partial charge in [0.1, 0.15) is 0 Å². The van der Waals surface area contributed by atoms with E-state index in [1.165, 1.54) is 0 Å². The van der Waals surface area contributed by atoms with Crippen molar-refractivity contribution in [2.75, 3.05) is 24.6 Å². The Morgan fingerprint density at radius 1 is 1.38 bits per heavy atom. The predicted molar refractivity (Wildman–Crippen MR) is 55.7 cm³/mol. The summed E-state index contributed by atoms with van der Waals surface area (Å²) in [5, 5.41) is 21.9. The van der Waals surface area contributed by atoms with Crippen molar-refractivity contribution >= 4 is 15.8 Å². The summed E-state index contributed by atoms with van der Waals surface area (Å²) in [4.78, 5) is 11.3. The monoisotopic (exact) mass is 249 g/mol. The molecule has 0 aromatic carbocycles. The number of hydrogen-bond donors (Lipinski definition) is 3. The number of aliphatic hydroxyl groups excluding tert-OH is 1. The van der Waals surface area contributed by atoms with E-state index in [9.17, 15) is 23.4 Å². The van der Waals surface area contributed by atoms with Crippen LogP contribution in [0, 0.1) is 11.3 Å². The van der Waals surface area contributed by atoms with Crippen LogP contribution in [0.15, 0.2) is 0 Å². The minimum atomic E-state index is -3.29. The molecule has 16 heavy (non-hydrogen) atoms. The Hall–Kier alpha value is -0.660. The summed E-state index contributed by atoms with van der Waals surface area (Å²) < 4.78 is 22.8. The fourth-order valence-electron chi connectivity index (χ4n) is 2.73. The van der Waals surface area contributed by atoms with Gasteiger partial charge in [-0.05, 0) is 13.0 Å². The second kappa shape index (κ2) is 3.68. The third-order valence-corrected chi connectivity index (χ3v) is 5.36. The smallest absolute Gasteiger partial charge is 0.311 e. The molecule has 2 saturated heterocycles. The zero-order chi connectivity index (χ0) is 12.0. The van der Waals surface area contributed by atoms with E-state index in [1.807, 2.05) is 0 Å². The second-order valence-corrected chi connectivity index (χ2v) is 6.79. The minimum Gasteiger partial charge on any atom is -0.481 e. The summed E-state index contributed by atoms with van der Waals surface area (Å²) in [7, 11) is -3.29. The summed E-state index contributed by atoms with van der Waals surface area (Å²) in [6, 6.07) is 0. The van der Waals surface area contributed by atoms with Gasteiger partial charge < -0.3 is 15.5 Å². The van der Waals surface area contributed by atoms with Crippen molar-refractivity contribution < 1.29 is 23.4 Å². The summed E-state index contributed by atoms with van der Waals surface area (Å²) in [5.74, 6) is -2.24. The quantitative estimate of drug-likeness (QED) is 0.548. The zero-order valence-corrected chi connectivity index (χ0v) is 9.53. The van der Waals surface area contributed by atoms with Crippen LogP contribution in [-0.2, 0) is 14.6 Å². The van der Waals surface area contributed by atoms with Gasteiger partial charge in [0.2, 0.25) is 0 Å². The van der Waals surface area contributed by atoms with Gasteiger partial charge in [0, 0.05) is 12.5 Å². The molecule has 6 nitrogen and oxygen atoms in total. The van der Waals surface area contributed by atoms with Crippen molar-refractivity contribution in [1.82, 2.24) is 5.32 Å². The van der Waals surface area contributed by atoms with Gasteiger partial charge in [-0.25, -0.2) is 8.42 Å². The molecule has 0 aromatic rings. The first kappa shape index (κ1) is 11.8. The molecule has 2 aliphatic heterocycles. The van der Waals surface area contributed by atoms with Crippen LogP contribution >= 0.6 is 0 Å². The van der Waals surface area contributed by atoms with E-state index in [0.717, 1.165) is 0 Å². The maximum Gasteiger partial charge on any atom is 0.311 e. The summed E-state index contributed by atoms with van der Waals surface area (Å²) >= 11 is 0. The molecule has 2 rings (SSSR count). The van der Waals surface area contributed by atoms with Crippen LogP contribution in [0.5, 0.6) is 0 Å². The lowest BCUT2D eigenvalue weighted by Crippen LogP contribution is -2.45. The molecule has 0 amide bonds. The van der Waals surface area contributed by atoms with E-state index in [-0.39, 0.29) is 18.1 Å². The molecule has 2 heterocycles. The Balaban J connectivity index is 2.32. The van der Waals surface area contributed by atoms with Crippen molar-refractivity contribution in [2.45, 2.75) is 12.5 Å². The van der Waals surface area contributed by atoms with E-state index < -0.39 is 33.2 Å². The van der Waals surface area contributed by atoms with Crippen molar-refractivity contribution in [3.8, 4) is 0 Å². The van der Waals surface area contributed by atoms with Crippen molar-refractivity contribution in [3.05, 3.63) is 0 Å². The van der Waals surface area contributed by atoms with Crippen molar-refractivity contribution in [1.29, 1.82) is 0 Å². The lowest BCUT2D eigenvalue weighted by atomic mass is 9.73. The average Bonchev–Trinajstić information content (AvgIpc) is 2.70. The normalized spacial score (nSPS) is 42.3. The van der Waals surface area contributed by atoms with Crippen LogP contribution in [0.4, 0.5) is 0 Å². The number of carbonyl (C=O) groups is 1. The number of rotatable bonds is 2. The Morgan fingerprint density at radius 3 is 2.44 bits per heavy atom. The maximum absolute atomic E-state index is 11.4. The maximum atomic E-state index is 11.4. The Morgan fingerprint density at radius 2 is 2.06 bits per heavy atom. The van der Waals surface area contributed by atoms with Crippen LogP contribution in [0.25, 0.3) is 0 Å². The molecule has 92 valence electrons. The number of aliphatic carboxylic acids is 1. The third-order valence-electron chi connectivity index (χ3n) is 3.65. The molecule has 2 fully saturated rings. The van der Waals surface area contributed by atoms with Gasteiger partial charge in [0.05, 0.1) is 23.0 Å². The first-order chi connectivity index (χ1) is 7.37. The standard InChI is InChI=1S/C9H15NO5S/c11-7-4-16(14,15)3-6(7)9(8(12)13)1-2-10-5-9/h6-7,10-11H,1-5H2,(H,12,13). The summed E-state index contributed by atoms with van der Waals surface area (Å²) in [5.41, 5.74) is -1.12. The van der Waals surface area contributed by atoms with Crippen molar-refractivity contribution in [3.63, 3.8) is 0 Å². The lowest BCUT2D eigenvalue weighted by Gasteiger charge is -2.31. The number of hydrogen-bond acceptors (Lipinski definition) is 5. The minimum absolute atomic E-state index is 0.220. The largest absolute Gasteiger partial charge is 0.481 e. The van der Waals surface area contributed by atoms with E-state index in [0.29, 0.717) is 13.0 Å². The van der Waals surface area contributed by atoms with Crippen molar-refractivity contribution in [2.24, 2.45) is 11.3 Å². The number of sulfone groups is 1. The van der Waals surface area contributed by atoms with Gasteiger partial charge in [0.15, 0.2) is 9.84 Å². The van der Waals surface area contributed by atoms with Crippen LogP contribution in [0.2, 0.25) is 0 Å². The van der Waals surface area contributed by atoms with E-state index in [4.69, 9.17) is 0 Å². The highest BCUT2D eigenvalue weighted by Gasteiger charge is 2.55. The molecule has 0 aromatic heterocycles. The van der Waals surface area contributed by atoms with Crippen LogP contribution in [0.1, 0.15) is 6.42 Å². The van der Waals surface area contributed by atoms with Gasteiger partial charge in [-0.3, -0.25) is 4.79 Å². The zero-order valence-electron chi connectivity index (χ0n) is 8.72. The van der Waals surface area contributed by atoms with Gasteiger partial charge in [-0.2, -0.15) is 0 Å². The first-order valence-electron chi connectivity index (χ1n) is 5.20. The molecule has 3 N–H and O–H groups in total. The molecule has 7 heteroatoms. The summed E-state index contributed by atoms with van der Waals surface area (Å²) in [6.07, 6.45) is -0.680. The molecular formula is C9H15NO5S. The molecule has 2 aliphatic rings. The average molecular weight is 249 g/mol. The molecule has 0 radical (unpaired) electrons. The molecular weight excluding hydrogens is 234 g/mol. The topological polar surface area (TPSA) is 104 Å². The lowest BCUT2D eigenvalue weighted by molar-refractivity contribution is -0.153. The molecule has 0 saturated carbocycles. The predicted octanol–water partition coefficient (Wildman–Crippen LogP) is -1.54. The molecule has 0 aliphatic carbocycles. The highest BCUT2D eigenvalue weighted by molar-refractivity contribution is 7.91. The van der Waals surface area contributed by atoms with Gasteiger partial charge in [-0.1, -0.05) is 0 Å². The Kier molecular flexibility index (Phi) is 2.72. The number of aliphatic hydroxyl groups is 1.